The summed E-state index contributed by atoms with van der Waals surface area (Å²) in [5, 5.41) is 10.2. The van der Waals surface area contributed by atoms with E-state index in [9.17, 15) is 14.7 Å². The smallest absolute Gasteiger partial charge is 0.311 e. The number of thiazole rings is 1. The molecule has 22 heavy (non-hydrogen) atoms. The lowest BCUT2D eigenvalue weighted by molar-refractivity contribution is -0.147. The Labute approximate surface area is 132 Å². The Kier molecular flexibility index (Phi) is 3.87. The molecular formula is C16H18N2O3S. The number of hydrogen-bond acceptors (Lipinski definition) is 4. The quantitative estimate of drug-likeness (QED) is 0.940. The van der Waals surface area contributed by atoms with E-state index in [1.807, 2.05) is 24.3 Å². The van der Waals surface area contributed by atoms with Crippen LogP contribution < -0.4 is 0 Å². The molecule has 0 bridgehead atoms. The van der Waals surface area contributed by atoms with E-state index in [1.165, 1.54) is 0 Å². The number of rotatable bonds is 4. The van der Waals surface area contributed by atoms with Crippen molar-refractivity contribution in [2.75, 3.05) is 13.1 Å². The van der Waals surface area contributed by atoms with Gasteiger partial charge in [0.1, 0.15) is 0 Å². The molecule has 1 fully saturated rings. The predicted octanol–water partition coefficient (Wildman–Crippen LogP) is 2.55. The summed E-state index contributed by atoms with van der Waals surface area (Å²) in [5.74, 6) is -0.807. The summed E-state index contributed by atoms with van der Waals surface area (Å²) in [7, 11) is 0. The van der Waals surface area contributed by atoms with Crippen molar-refractivity contribution >= 4 is 33.4 Å². The second-order valence-electron chi connectivity index (χ2n) is 6.01. The molecular weight excluding hydrogens is 300 g/mol. The molecule has 1 aromatic carbocycles. The van der Waals surface area contributed by atoms with Crippen LogP contribution in [0.15, 0.2) is 24.3 Å². The molecule has 1 aromatic heterocycles. The van der Waals surface area contributed by atoms with Crippen LogP contribution in [0, 0.1) is 5.41 Å². The minimum atomic E-state index is -0.825. The molecule has 1 amide bonds. The second-order valence-corrected chi connectivity index (χ2v) is 7.12. The van der Waals surface area contributed by atoms with E-state index in [4.69, 9.17) is 0 Å². The van der Waals surface area contributed by atoms with Gasteiger partial charge in [-0.05, 0) is 25.5 Å². The number of hydrogen-bond donors (Lipinski definition) is 1. The number of aryl methyl sites for hydroxylation is 1. The van der Waals surface area contributed by atoms with Crippen molar-refractivity contribution in [3.8, 4) is 0 Å². The number of nitrogens with zero attached hydrogens (tertiary/aromatic N) is 2. The highest BCUT2D eigenvalue weighted by Gasteiger charge is 2.41. The fraction of sp³-hybridized carbons (Fsp3) is 0.438. The minimum absolute atomic E-state index is 0.0178. The van der Waals surface area contributed by atoms with Gasteiger partial charge in [-0.15, -0.1) is 11.3 Å². The molecule has 1 saturated heterocycles. The Balaban J connectivity index is 1.60. The van der Waals surface area contributed by atoms with Gasteiger partial charge in [-0.1, -0.05) is 12.1 Å². The van der Waals surface area contributed by atoms with Crippen LogP contribution in [-0.4, -0.2) is 40.0 Å². The first-order valence-electron chi connectivity index (χ1n) is 7.33. The number of benzene rings is 1. The molecule has 0 unspecified atom stereocenters. The minimum Gasteiger partial charge on any atom is -0.481 e. The van der Waals surface area contributed by atoms with Gasteiger partial charge in [0.15, 0.2) is 0 Å². The van der Waals surface area contributed by atoms with Gasteiger partial charge in [-0.3, -0.25) is 9.59 Å². The zero-order valence-corrected chi connectivity index (χ0v) is 13.2. The van der Waals surface area contributed by atoms with Gasteiger partial charge < -0.3 is 10.0 Å². The summed E-state index contributed by atoms with van der Waals surface area (Å²) in [6, 6.07) is 7.92. The first-order valence-corrected chi connectivity index (χ1v) is 8.15. The van der Waals surface area contributed by atoms with Crippen molar-refractivity contribution < 1.29 is 14.7 Å². The SMILES string of the molecule is C[C@@]1(C(=O)O)CCN(C(=O)CCc2nc3ccccc3s2)C1. The molecule has 6 heteroatoms. The molecule has 0 radical (unpaired) electrons. The van der Waals surface area contributed by atoms with Crippen molar-refractivity contribution in [3.05, 3.63) is 29.3 Å². The molecule has 2 heterocycles. The number of carboxylic acids is 1. The third kappa shape index (κ3) is 2.83. The van der Waals surface area contributed by atoms with Gasteiger partial charge in [-0.2, -0.15) is 0 Å². The van der Waals surface area contributed by atoms with Crippen molar-refractivity contribution in [3.63, 3.8) is 0 Å². The number of carbonyl (C=O) groups is 2. The first kappa shape index (κ1) is 15.0. The predicted molar refractivity (Wildman–Crippen MR) is 84.9 cm³/mol. The maximum absolute atomic E-state index is 12.3. The van der Waals surface area contributed by atoms with Crippen LogP contribution in [0.5, 0.6) is 0 Å². The Hall–Kier alpha value is -1.95. The van der Waals surface area contributed by atoms with Crippen LogP contribution in [0.25, 0.3) is 10.2 Å². The van der Waals surface area contributed by atoms with E-state index in [-0.39, 0.29) is 5.91 Å². The van der Waals surface area contributed by atoms with E-state index < -0.39 is 11.4 Å². The zero-order chi connectivity index (χ0) is 15.7. The third-order valence-corrected chi connectivity index (χ3v) is 5.33. The van der Waals surface area contributed by atoms with E-state index in [0.717, 1.165) is 15.2 Å². The molecule has 1 aliphatic rings. The molecule has 0 aliphatic carbocycles. The maximum Gasteiger partial charge on any atom is 0.311 e. The Bertz CT molecular complexity index is 694. The number of carboxylic acid groups (broad SMARTS) is 1. The molecule has 1 atom stereocenters. The highest BCUT2D eigenvalue weighted by molar-refractivity contribution is 7.18. The lowest BCUT2D eigenvalue weighted by atomic mass is 9.90. The monoisotopic (exact) mass is 318 g/mol. The molecule has 116 valence electrons. The van der Waals surface area contributed by atoms with Crippen molar-refractivity contribution in [1.29, 1.82) is 0 Å². The Morgan fingerprint density at radius 2 is 2.18 bits per heavy atom. The van der Waals surface area contributed by atoms with Crippen molar-refractivity contribution in [1.82, 2.24) is 9.88 Å². The van der Waals surface area contributed by atoms with Gasteiger partial charge in [-0.25, -0.2) is 4.98 Å². The van der Waals surface area contributed by atoms with Gasteiger partial charge in [0, 0.05) is 25.9 Å². The van der Waals surface area contributed by atoms with Crippen LogP contribution in [-0.2, 0) is 16.0 Å². The van der Waals surface area contributed by atoms with E-state index >= 15 is 0 Å². The summed E-state index contributed by atoms with van der Waals surface area (Å²) < 4.78 is 1.13. The summed E-state index contributed by atoms with van der Waals surface area (Å²) >= 11 is 1.61. The number of aromatic nitrogens is 1. The molecule has 2 aromatic rings. The van der Waals surface area contributed by atoms with Crippen LogP contribution >= 0.6 is 11.3 Å². The molecule has 5 nitrogen and oxygen atoms in total. The first-order chi connectivity index (χ1) is 10.5. The number of fused-ring (bicyclic) bond motifs is 1. The van der Waals surface area contributed by atoms with Crippen LogP contribution in [0.3, 0.4) is 0 Å². The van der Waals surface area contributed by atoms with Gasteiger partial charge in [0.05, 0.1) is 20.6 Å². The zero-order valence-electron chi connectivity index (χ0n) is 12.4. The normalized spacial score (nSPS) is 21.4. The van der Waals surface area contributed by atoms with E-state index in [2.05, 4.69) is 4.98 Å². The Morgan fingerprint density at radius 3 is 2.86 bits per heavy atom. The van der Waals surface area contributed by atoms with Gasteiger partial charge in [0.2, 0.25) is 5.91 Å². The lowest BCUT2D eigenvalue weighted by Crippen LogP contribution is -2.34. The lowest BCUT2D eigenvalue weighted by Gasteiger charge is -2.20. The molecule has 1 aliphatic heterocycles. The van der Waals surface area contributed by atoms with Crippen LogP contribution in [0.2, 0.25) is 0 Å². The molecule has 3 rings (SSSR count). The van der Waals surface area contributed by atoms with Crippen molar-refractivity contribution in [2.45, 2.75) is 26.2 Å². The summed E-state index contributed by atoms with van der Waals surface area (Å²) in [4.78, 5) is 29.7. The fourth-order valence-corrected chi connectivity index (χ4v) is 3.71. The van der Waals surface area contributed by atoms with Crippen LogP contribution in [0.1, 0.15) is 24.8 Å². The molecule has 0 spiro atoms. The number of likely N-dealkylation sites (tertiary alicyclic amines) is 1. The highest BCUT2D eigenvalue weighted by atomic mass is 32.1. The third-order valence-electron chi connectivity index (χ3n) is 4.23. The topological polar surface area (TPSA) is 70.5 Å². The second kappa shape index (κ2) is 5.68. The van der Waals surface area contributed by atoms with E-state index in [0.29, 0.717) is 32.4 Å². The van der Waals surface area contributed by atoms with Gasteiger partial charge >= 0.3 is 5.97 Å². The molecule has 1 N–H and O–H groups in total. The average Bonchev–Trinajstić information content (AvgIpc) is 3.09. The largest absolute Gasteiger partial charge is 0.481 e. The van der Waals surface area contributed by atoms with Crippen molar-refractivity contribution in [2.24, 2.45) is 5.41 Å². The number of para-hydroxylation sites is 1. The molecule has 0 saturated carbocycles. The maximum atomic E-state index is 12.3. The van der Waals surface area contributed by atoms with Crippen LogP contribution in [0.4, 0.5) is 0 Å². The van der Waals surface area contributed by atoms with E-state index in [1.54, 1.807) is 23.2 Å². The average molecular weight is 318 g/mol. The van der Waals surface area contributed by atoms with Gasteiger partial charge in [0.25, 0.3) is 0 Å². The fourth-order valence-electron chi connectivity index (χ4n) is 2.75. The summed E-state index contributed by atoms with van der Waals surface area (Å²) in [5.41, 5.74) is 0.167. The highest BCUT2D eigenvalue weighted by Crippen LogP contribution is 2.30. The Morgan fingerprint density at radius 1 is 1.41 bits per heavy atom. The number of aliphatic carboxylic acids is 1. The number of carbonyl (C=O) groups excluding carboxylic acids is 1. The summed E-state index contributed by atoms with van der Waals surface area (Å²) in [6.07, 6.45) is 1.52. The number of amides is 1. The summed E-state index contributed by atoms with van der Waals surface area (Å²) in [6.45, 7) is 2.54. The standard InChI is InChI=1S/C16H18N2O3S/c1-16(15(20)21)8-9-18(10-16)14(19)7-6-13-17-11-4-2-3-5-12(11)22-13/h2-5H,6-10H2,1H3,(H,20,21)/t16-/m1/s1.